The second kappa shape index (κ2) is 7.73. The van der Waals surface area contributed by atoms with Crippen molar-refractivity contribution in [1.82, 2.24) is 0 Å². The van der Waals surface area contributed by atoms with E-state index in [1.54, 1.807) is 0 Å². The molecule has 0 heterocycles. The van der Waals surface area contributed by atoms with Crippen molar-refractivity contribution in [3.63, 3.8) is 0 Å². The molecule has 0 spiro atoms. The standard InChI is InChI=1S/C15H13N3O7/c1-24-14-8-11(18(22)23)4-7-13(14)16-15(19)9-25-12-5-2-10(3-6-12)17(20)21/h2-8H,9H2,1H3,(H,16,19). The molecule has 0 radical (unpaired) electrons. The molecule has 0 aliphatic heterocycles. The van der Waals surface area contributed by atoms with E-state index in [0.717, 1.165) is 0 Å². The average Bonchev–Trinajstić information content (AvgIpc) is 2.60. The fourth-order valence-electron chi connectivity index (χ4n) is 1.90. The number of anilines is 1. The molecule has 0 unspecified atom stereocenters. The molecule has 0 saturated carbocycles. The number of nitro benzene ring substituents is 2. The van der Waals surface area contributed by atoms with Gasteiger partial charge in [0.25, 0.3) is 17.3 Å². The van der Waals surface area contributed by atoms with Crippen molar-refractivity contribution in [1.29, 1.82) is 0 Å². The molecule has 0 saturated heterocycles. The third-order valence-electron chi connectivity index (χ3n) is 3.09. The molecule has 10 heteroatoms. The van der Waals surface area contributed by atoms with Gasteiger partial charge >= 0.3 is 0 Å². The smallest absolute Gasteiger partial charge is 0.273 e. The normalized spacial score (nSPS) is 9.96. The summed E-state index contributed by atoms with van der Waals surface area (Å²) in [6.45, 7) is -0.349. The molecule has 2 aromatic rings. The summed E-state index contributed by atoms with van der Waals surface area (Å²) in [5.74, 6) is -0.0974. The van der Waals surface area contributed by atoms with Gasteiger partial charge in [-0.05, 0) is 18.2 Å². The van der Waals surface area contributed by atoms with E-state index in [9.17, 15) is 25.0 Å². The summed E-state index contributed by atoms with van der Waals surface area (Å²) in [6, 6.07) is 9.03. The van der Waals surface area contributed by atoms with Crippen LogP contribution in [-0.4, -0.2) is 29.5 Å². The topological polar surface area (TPSA) is 134 Å². The number of methoxy groups -OCH3 is 1. The van der Waals surface area contributed by atoms with Gasteiger partial charge in [0.1, 0.15) is 11.5 Å². The van der Waals surface area contributed by atoms with Crippen LogP contribution in [0.5, 0.6) is 11.5 Å². The minimum absolute atomic E-state index is 0.0904. The highest BCUT2D eigenvalue weighted by Crippen LogP contribution is 2.29. The van der Waals surface area contributed by atoms with Crippen LogP contribution in [-0.2, 0) is 4.79 Å². The lowest BCUT2D eigenvalue weighted by Crippen LogP contribution is -2.20. The highest BCUT2D eigenvalue weighted by atomic mass is 16.6. The number of amides is 1. The first-order valence-electron chi connectivity index (χ1n) is 6.90. The minimum atomic E-state index is -0.578. The maximum atomic E-state index is 11.9. The van der Waals surface area contributed by atoms with Crippen molar-refractivity contribution in [2.45, 2.75) is 0 Å². The first-order valence-corrected chi connectivity index (χ1v) is 6.90. The largest absolute Gasteiger partial charge is 0.494 e. The van der Waals surface area contributed by atoms with Gasteiger partial charge in [-0.1, -0.05) is 0 Å². The summed E-state index contributed by atoms with van der Waals surface area (Å²) < 4.78 is 10.2. The number of hydrogen-bond acceptors (Lipinski definition) is 7. The van der Waals surface area contributed by atoms with Crippen LogP contribution in [0.15, 0.2) is 42.5 Å². The van der Waals surface area contributed by atoms with E-state index in [1.165, 1.54) is 49.6 Å². The number of nitrogens with zero attached hydrogens (tertiary/aromatic N) is 2. The summed E-state index contributed by atoms with van der Waals surface area (Å²) in [7, 11) is 1.32. The van der Waals surface area contributed by atoms with Gasteiger partial charge in [-0.25, -0.2) is 0 Å². The molecule has 2 rings (SSSR count). The predicted octanol–water partition coefficient (Wildman–Crippen LogP) is 2.53. The fraction of sp³-hybridized carbons (Fsp3) is 0.133. The van der Waals surface area contributed by atoms with E-state index >= 15 is 0 Å². The lowest BCUT2D eigenvalue weighted by Gasteiger charge is -2.10. The molecule has 10 nitrogen and oxygen atoms in total. The minimum Gasteiger partial charge on any atom is -0.494 e. The molecule has 0 atom stereocenters. The Balaban J connectivity index is 1.98. The Hall–Kier alpha value is -3.69. The highest BCUT2D eigenvalue weighted by molar-refractivity contribution is 5.93. The molecule has 0 fully saturated rings. The van der Waals surface area contributed by atoms with Gasteiger partial charge in [0.15, 0.2) is 6.61 Å². The van der Waals surface area contributed by atoms with Crippen LogP contribution >= 0.6 is 0 Å². The van der Waals surface area contributed by atoms with Crippen LogP contribution < -0.4 is 14.8 Å². The average molecular weight is 347 g/mol. The Bertz CT molecular complexity index is 805. The van der Waals surface area contributed by atoms with Crippen molar-refractivity contribution in [3.8, 4) is 11.5 Å². The summed E-state index contributed by atoms with van der Waals surface area (Å²) >= 11 is 0. The second-order valence-electron chi connectivity index (χ2n) is 4.73. The number of nitro groups is 2. The van der Waals surface area contributed by atoms with Crippen molar-refractivity contribution < 1.29 is 24.1 Å². The van der Waals surface area contributed by atoms with Crippen molar-refractivity contribution in [2.24, 2.45) is 0 Å². The van der Waals surface area contributed by atoms with Gasteiger partial charge < -0.3 is 14.8 Å². The van der Waals surface area contributed by atoms with E-state index < -0.39 is 15.8 Å². The van der Waals surface area contributed by atoms with Crippen molar-refractivity contribution >= 4 is 23.0 Å². The van der Waals surface area contributed by atoms with Crippen molar-refractivity contribution in [2.75, 3.05) is 19.0 Å². The Morgan fingerprint density at radius 3 is 2.20 bits per heavy atom. The predicted molar refractivity (Wildman–Crippen MR) is 86.9 cm³/mol. The van der Waals surface area contributed by atoms with Crippen LogP contribution in [0.1, 0.15) is 0 Å². The molecule has 0 aliphatic carbocycles. The van der Waals surface area contributed by atoms with Crippen molar-refractivity contribution in [3.05, 3.63) is 62.7 Å². The molecular weight excluding hydrogens is 334 g/mol. The summed E-state index contributed by atoms with van der Waals surface area (Å²) in [5.41, 5.74) is -0.00482. The molecule has 25 heavy (non-hydrogen) atoms. The molecule has 2 aromatic carbocycles. The maximum Gasteiger partial charge on any atom is 0.273 e. The quantitative estimate of drug-likeness (QED) is 0.600. The zero-order chi connectivity index (χ0) is 18.4. The van der Waals surface area contributed by atoms with E-state index in [-0.39, 0.29) is 35.2 Å². The van der Waals surface area contributed by atoms with Crippen LogP contribution in [0.4, 0.5) is 17.1 Å². The molecule has 1 amide bonds. The fourth-order valence-corrected chi connectivity index (χ4v) is 1.90. The van der Waals surface area contributed by atoms with Crippen LogP contribution in [0, 0.1) is 20.2 Å². The Morgan fingerprint density at radius 2 is 1.64 bits per heavy atom. The lowest BCUT2D eigenvalue weighted by atomic mass is 10.2. The monoisotopic (exact) mass is 347 g/mol. The molecule has 130 valence electrons. The third kappa shape index (κ3) is 4.64. The van der Waals surface area contributed by atoms with Gasteiger partial charge in [0.2, 0.25) is 0 Å². The first-order chi connectivity index (χ1) is 11.9. The SMILES string of the molecule is COc1cc([N+](=O)[O-])ccc1NC(=O)COc1ccc([N+](=O)[O-])cc1. The number of hydrogen-bond donors (Lipinski definition) is 1. The maximum absolute atomic E-state index is 11.9. The van der Waals surface area contributed by atoms with E-state index in [4.69, 9.17) is 9.47 Å². The van der Waals surface area contributed by atoms with Crippen LogP contribution in [0.25, 0.3) is 0 Å². The zero-order valence-electron chi connectivity index (χ0n) is 13.0. The highest BCUT2D eigenvalue weighted by Gasteiger charge is 2.14. The van der Waals surface area contributed by atoms with E-state index in [2.05, 4.69) is 5.32 Å². The molecule has 0 bridgehead atoms. The van der Waals surface area contributed by atoms with Gasteiger partial charge in [-0.15, -0.1) is 0 Å². The van der Waals surface area contributed by atoms with Gasteiger partial charge in [0.05, 0.1) is 28.7 Å². The summed E-state index contributed by atoms with van der Waals surface area (Å²) in [5, 5.41) is 23.8. The van der Waals surface area contributed by atoms with E-state index in [0.29, 0.717) is 0 Å². The summed E-state index contributed by atoms with van der Waals surface area (Å²) in [4.78, 5) is 32.1. The summed E-state index contributed by atoms with van der Waals surface area (Å²) in [6.07, 6.45) is 0. The van der Waals surface area contributed by atoms with Gasteiger partial charge in [0, 0.05) is 18.2 Å². The molecule has 1 N–H and O–H groups in total. The van der Waals surface area contributed by atoms with Crippen LogP contribution in [0.2, 0.25) is 0 Å². The molecule has 0 aliphatic rings. The Labute approximate surface area is 141 Å². The molecular formula is C15H13N3O7. The number of ether oxygens (including phenoxy) is 2. The number of rotatable bonds is 7. The number of carbonyl (C=O) groups is 1. The van der Waals surface area contributed by atoms with E-state index in [1.807, 2.05) is 0 Å². The van der Waals surface area contributed by atoms with Gasteiger partial charge in [-0.3, -0.25) is 25.0 Å². The Kier molecular flexibility index (Phi) is 5.46. The van der Waals surface area contributed by atoms with Crippen LogP contribution in [0.3, 0.4) is 0 Å². The number of non-ortho nitro benzene ring substituents is 2. The number of benzene rings is 2. The first kappa shape index (κ1) is 17.7. The zero-order valence-corrected chi connectivity index (χ0v) is 13.0. The Morgan fingerprint density at radius 1 is 1.04 bits per heavy atom. The lowest BCUT2D eigenvalue weighted by molar-refractivity contribution is -0.385. The second-order valence-corrected chi connectivity index (χ2v) is 4.73. The number of carbonyl (C=O) groups excluding carboxylic acids is 1. The third-order valence-corrected chi connectivity index (χ3v) is 3.09. The molecule has 0 aromatic heterocycles. The number of nitrogens with one attached hydrogen (secondary N) is 1. The van der Waals surface area contributed by atoms with Gasteiger partial charge in [-0.2, -0.15) is 0 Å².